The van der Waals surface area contributed by atoms with E-state index in [1.54, 1.807) is 6.92 Å². The van der Waals surface area contributed by atoms with Gasteiger partial charge in [-0.1, -0.05) is 13.3 Å². The van der Waals surface area contributed by atoms with Gasteiger partial charge >= 0.3 is 5.97 Å². The number of hydrogen-bond donors (Lipinski definition) is 7. The zero-order valence-corrected chi connectivity index (χ0v) is 12.2. The summed E-state index contributed by atoms with van der Waals surface area (Å²) in [7, 11) is 0. The Balaban J connectivity index is 3.09. The molecule has 1 rings (SSSR count). The molecule has 1 aromatic rings. The van der Waals surface area contributed by atoms with Crippen LogP contribution in [0, 0.1) is 11.8 Å². The Kier molecular flexibility index (Phi) is 5.69. The topological polar surface area (TPSA) is 164 Å². The van der Waals surface area contributed by atoms with Crippen molar-refractivity contribution in [2.75, 3.05) is 6.54 Å². The van der Waals surface area contributed by atoms with Gasteiger partial charge in [-0.3, -0.25) is 4.79 Å². The van der Waals surface area contributed by atoms with Crippen molar-refractivity contribution in [3.8, 4) is 28.7 Å². The minimum atomic E-state index is -1.04. The number of carbonyl (C=O) groups is 1. The van der Waals surface area contributed by atoms with Gasteiger partial charge in [-0.05, 0) is 18.8 Å². The molecule has 0 heterocycles. The molecule has 8 heteroatoms. The highest BCUT2D eigenvalue weighted by molar-refractivity contribution is 5.70. The molecule has 0 saturated heterocycles. The van der Waals surface area contributed by atoms with Crippen LogP contribution in [-0.4, -0.2) is 43.2 Å². The van der Waals surface area contributed by atoms with Crippen molar-refractivity contribution in [2.45, 2.75) is 26.2 Å². The number of carboxylic acid groups (broad SMARTS) is 1. The predicted molar refractivity (Wildman–Crippen MR) is 77.0 cm³/mol. The van der Waals surface area contributed by atoms with Crippen LogP contribution < -0.4 is 5.73 Å². The van der Waals surface area contributed by atoms with E-state index >= 15 is 0 Å². The second-order valence-corrected chi connectivity index (χ2v) is 5.21. The molecule has 0 saturated carbocycles. The summed E-state index contributed by atoms with van der Waals surface area (Å²) in [5, 5.41) is 57.0. The Bertz CT molecular complexity index is 530. The molecule has 0 amide bonds. The summed E-state index contributed by atoms with van der Waals surface area (Å²) in [5.74, 6) is -6.44. The van der Waals surface area contributed by atoms with Crippen LogP contribution in [-0.2, 0) is 11.2 Å². The number of benzene rings is 1. The largest absolute Gasteiger partial charge is 0.504 e. The summed E-state index contributed by atoms with van der Waals surface area (Å²) in [6, 6.07) is 0. The first kappa shape index (κ1) is 17.7. The third-order valence-corrected chi connectivity index (χ3v) is 3.79. The summed E-state index contributed by atoms with van der Waals surface area (Å²) in [6.45, 7) is 1.75. The van der Waals surface area contributed by atoms with E-state index in [0.717, 1.165) is 0 Å². The fraction of sp³-hybridized carbons (Fsp3) is 0.500. The van der Waals surface area contributed by atoms with Crippen LogP contribution in [0.15, 0.2) is 0 Å². The standard InChI is InChI=1S/C14H21NO7/c1-2-6(3-7(5-15)14(21)22)4-8-9(16)11(18)13(20)12(19)10(8)17/h6-7,16-20H,2-5,15H2,1H3,(H,21,22). The Morgan fingerprint density at radius 3 is 1.82 bits per heavy atom. The molecule has 0 aromatic heterocycles. The van der Waals surface area contributed by atoms with Crippen molar-refractivity contribution in [3.05, 3.63) is 5.56 Å². The maximum atomic E-state index is 11.0. The molecule has 8 N–H and O–H groups in total. The Labute approximate surface area is 127 Å². The quantitative estimate of drug-likeness (QED) is 0.287. The Hall–Kier alpha value is -2.35. The molecule has 0 fully saturated rings. The van der Waals surface area contributed by atoms with Gasteiger partial charge in [0.15, 0.2) is 11.5 Å². The molecule has 124 valence electrons. The van der Waals surface area contributed by atoms with Crippen LogP contribution in [0.25, 0.3) is 0 Å². The molecular formula is C14H21NO7. The fourth-order valence-electron chi connectivity index (χ4n) is 2.31. The van der Waals surface area contributed by atoms with Gasteiger partial charge in [0.1, 0.15) is 0 Å². The molecule has 0 aliphatic rings. The lowest BCUT2D eigenvalue weighted by molar-refractivity contribution is -0.142. The monoisotopic (exact) mass is 315 g/mol. The van der Waals surface area contributed by atoms with Crippen LogP contribution in [0.5, 0.6) is 28.7 Å². The van der Waals surface area contributed by atoms with E-state index in [1.165, 1.54) is 0 Å². The van der Waals surface area contributed by atoms with Gasteiger partial charge in [0.25, 0.3) is 0 Å². The average Bonchev–Trinajstić information content (AvgIpc) is 2.50. The Morgan fingerprint density at radius 1 is 1.00 bits per heavy atom. The van der Waals surface area contributed by atoms with Gasteiger partial charge in [0.05, 0.1) is 5.92 Å². The van der Waals surface area contributed by atoms with Crippen molar-refractivity contribution in [3.63, 3.8) is 0 Å². The molecule has 0 radical (unpaired) electrons. The van der Waals surface area contributed by atoms with E-state index in [4.69, 9.17) is 10.8 Å². The molecule has 0 bridgehead atoms. The van der Waals surface area contributed by atoms with Crippen LogP contribution in [0.2, 0.25) is 0 Å². The molecule has 8 nitrogen and oxygen atoms in total. The van der Waals surface area contributed by atoms with E-state index < -0.39 is 40.6 Å². The number of phenols is 5. The maximum Gasteiger partial charge on any atom is 0.307 e. The fourth-order valence-corrected chi connectivity index (χ4v) is 2.31. The van der Waals surface area contributed by atoms with Crippen molar-refractivity contribution in [1.29, 1.82) is 0 Å². The van der Waals surface area contributed by atoms with Crippen LogP contribution in [0.4, 0.5) is 0 Å². The summed E-state index contributed by atoms with van der Waals surface area (Å²) in [6.07, 6.45) is 0.758. The highest BCUT2D eigenvalue weighted by Gasteiger charge is 2.27. The molecule has 0 aliphatic heterocycles. The number of phenolic OH excluding ortho intramolecular Hbond substituents is 5. The lowest BCUT2D eigenvalue weighted by Crippen LogP contribution is -2.26. The summed E-state index contributed by atoms with van der Waals surface area (Å²) < 4.78 is 0. The normalized spacial score (nSPS) is 13.7. The van der Waals surface area contributed by atoms with Gasteiger partial charge in [0, 0.05) is 12.1 Å². The number of hydrogen-bond acceptors (Lipinski definition) is 7. The van der Waals surface area contributed by atoms with E-state index in [2.05, 4.69) is 0 Å². The highest BCUT2D eigenvalue weighted by Crippen LogP contribution is 2.51. The van der Waals surface area contributed by atoms with E-state index in [0.29, 0.717) is 6.42 Å². The van der Waals surface area contributed by atoms with Crippen molar-refractivity contribution in [2.24, 2.45) is 17.6 Å². The van der Waals surface area contributed by atoms with Gasteiger partial charge in [-0.2, -0.15) is 0 Å². The lowest BCUT2D eigenvalue weighted by Gasteiger charge is -2.20. The molecular weight excluding hydrogens is 294 g/mol. The smallest absolute Gasteiger partial charge is 0.307 e. The average molecular weight is 315 g/mol. The molecule has 2 unspecified atom stereocenters. The number of aromatic hydroxyl groups is 5. The lowest BCUT2D eigenvalue weighted by atomic mass is 9.86. The minimum absolute atomic E-state index is 0.0132. The van der Waals surface area contributed by atoms with Gasteiger partial charge < -0.3 is 36.4 Å². The second-order valence-electron chi connectivity index (χ2n) is 5.21. The zero-order valence-electron chi connectivity index (χ0n) is 12.2. The molecule has 22 heavy (non-hydrogen) atoms. The summed E-state index contributed by atoms with van der Waals surface area (Å²) in [4.78, 5) is 11.0. The maximum absolute atomic E-state index is 11.0. The highest BCUT2D eigenvalue weighted by atomic mass is 16.4. The molecule has 0 aliphatic carbocycles. The van der Waals surface area contributed by atoms with Gasteiger partial charge in [0.2, 0.25) is 17.2 Å². The number of nitrogens with two attached hydrogens (primary N) is 1. The SMILES string of the molecule is CCC(Cc1c(O)c(O)c(O)c(O)c1O)CC(CN)C(=O)O. The molecule has 0 spiro atoms. The van der Waals surface area contributed by atoms with Crippen LogP contribution >= 0.6 is 0 Å². The number of carboxylic acids is 1. The van der Waals surface area contributed by atoms with Crippen LogP contribution in [0.3, 0.4) is 0 Å². The molecule has 1 aromatic carbocycles. The Morgan fingerprint density at radius 2 is 1.45 bits per heavy atom. The minimum Gasteiger partial charge on any atom is -0.504 e. The first-order valence-electron chi connectivity index (χ1n) is 6.84. The first-order chi connectivity index (χ1) is 10.2. The third-order valence-electron chi connectivity index (χ3n) is 3.79. The van der Waals surface area contributed by atoms with Gasteiger partial charge in [-0.25, -0.2) is 0 Å². The van der Waals surface area contributed by atoms with Gasteiger partial charge in [-0.15, -0.1) is 0 Å². The van der Waals surface area contributed by atoms with E-state index in [1.807, 2.05) is 0 Å². The molecule has 2 atom stereocenters. The van der Waals surface area contributed by atoms with E-state index in [-0.39, 0.29) is 30.9 Å². The second kappa shape index (κ2) is 7.08. The predicted octanol–water partition coefficient (Wildman–Crippen LogP) is 0.833. The third kappa shape index (κ3) is 3.45. The van der Waals surface area contributed by atoms with Crippen LogP contribution in [0.1, 0.15) is 25.3 Å². The summed E-state index contributed by atoms with van der Waals surface area (Å²) >= 11 is 0. The first-order valence-corrected chi connectivity index (χ1v) is 6.84. The number of aliphatic carboxylic acids is 1. The van der Waals surface area contributed by atoms with Crippen molar-refractivity contribution < 1.29 is 35.4 Å². The van der Waals surface area contributed by atoms with Crippen molar-refractivity contribution >= 4 is 5.97 Å². The van der Waals surface area contributed by atoms with E-state index in [9.17, 15) is 30.3 Å². The zero-order chi connectivity index (χ0) is 17.0. The summed E-state index contributed by atoms with van der Waals surface area (Å²) in [5.41, 5.74) is 5.25. The van der Waals surface area contributed by atoms with Crippen molar-refractivity contribution in [1.82, 2.24) is 0 Å². The number of rotatable bonds is 7.